The van der Waals surface area contributed by atoms with E-state index in [-0.39, 0.29) is 11.9 Å². The molecule has 6 nitrogen and oxygen atoms in total. The predicted octanol–water partition coefficient (Wildman–Crippen LogP) is 5.61. The highest BCUT2D eigenvalue weighted by atomic mass is 35.5. The van der Waals surface area contributed by atoms with E-state index in [9.17, 15) is 4.79 Å². The first-order chi connectivity index (χ1) is 16.0. The SMILES string of the molecule is Cc1cc(C)cc(NC(=O)C2Sc3nnc(-c4ccccc4)n3NC2c2ccc(Cl)cc2)c1. The van der Waals surface area contributed by atoms with E-state index in [4.69, 9.17) is 11.6 Å². The number of rotatable bonds is 4. The summed E-state index contributed by atoms with van der Waals surface area (Å²) in [4.78, 5) is 13.5. The summed E-state index contributed by atoms with van der Waals surface area (Å²) in [6.07, 6.45) is 0. The first-order valence-corrected chi connectivity index (χ1v) is 11.8. The van der Waals surface area contributed by atoms with Gasteiger partial charge in [0.25, 0.3) is 0 Å². The van der Waals surface area contributed by atoms with Gasteiger partial charge in [0.05, 0.1) is 6.04 Å². The van der Waals surface area contributed by atoms with Crippen LogP contribution in [-0.4, -0.2) is 26.0 Å². The molecular formula is C25H22ClN5OS. The number of carbonyl (C=O) groups is 1. The Kier molecular flexibility index (Phi) is 5.83. The minimum absolute atomic E-state index is 0.104. The van der Waals surface area contributed by atoms with Crippen molar-refractivity contribution in [3.05, 3.63) is 94.5 Å². The van der Waals surface area contributed by atoms with E-state index < -0.39 is 5.25 Å². The lowest BCUT2D eigenvalue weighted by molar-refractivity contribution is -0.116. The maximum absolute atomic E-state index is 13.5. The van der Waals surface area contributed by atoms with E-state index in [1.165, 1.54) is 11.8 Å². The van der Waals surface area contributed by atoms with Gasteiger partial charge < -0.3 is 10.7 Å². The lowest BCUT2D eigenvalue weighted by Crippen LogP contribution is -2.41. The molecule has 1 amide bonds. The van der Waals surface area contributed by atoms with Crippen molar-refractivity contribution >= 4 is 35.0 Å². The van der Waals surface area contributed by atoms with Crippen LogP contribution in [0.1, 0.15) is 22.7 Å². The highest BCUT2D eigenvalue weighted by molar-refractivity contribution is 8.00. The number of amides is 1. The summed E-state index contributed by atoms with van der Waals surface area (Å²) in [6.45, 7) is 4.04. The standard InChI is InChI=1S/C25H22ClN5OS/c1-15-12-16(2)14-20(13-15)27-24(32)22-21(17-8-10-19(26)11-9-17)30-31-23(28-29-25(31)33-22)18-6-4-3-5-7-18/h3-14,21-22,30H,1-2H3,(H,27,32). The molecule has 33 heavy (non-hydrogen) atoms. The summed E-state index contributed by atoms with van der Waals surface area (Å²) in [5.41, 5.74) is 8.36. The van der Waals surface area contributed by atoms with Crippen LogP contribution in [0.2, 0.25) is 5.02 Å². The van der Waals surface area contributed by atoms with E-state index in [2.05, 4.69) is 27.0 Å². The quantitative estimate of drug-likeness (QED) is 0.401. The molecule has 0 bridgehead atoms. The van der Waals surface area contributed by atoms with Crippen LogP contribution in [0.3, 0.4) is 0 Å². The maximum atomic E-state index is 13.5. The largest absolute Gasteiger partial charge is 0.325 e. The molecule has 0 spiro atoms. The average molecular weight is 476 g/mol. The first-order valence-electron chi connectivity index (χ1n) is 10.6. The summed E-state index contributed by atoms with van der Waals surface area (Å²) in [5.74, 6) is 0.596. The number of aryl methyl sites for hydroxylation is 2. The van der Waals surface area contributed by atoms with Crippen molar-refractivity contribution in [2.75, 3.05) is 10.7 Å². The molecule has 4 aromatic rings. The zero-order valence-electron chi connectivity index (χ0n) is 18.1. The van der Waals surface area contributed by atoms with E-state index in [0.717, 1.165) is 27.9 Å². The number of hydrogen-bond acceptors (Lipinski definition) is 5. The fourth-order valence-electron chi connectivity index (χ4n) is 4.01. The molecule has 0 fully saturated rings. The minimum atomic E-state index is -0.465. The molecule has 1 aromatic heterocycles. The van der Waals surface area contributed by atoms with Crippen molar-refractivity contribution in [1.29, 1.82) is 0 Å². The second-order valence-electron chi connectivity index (χ2n) is 8.07. The Morgan fingerprint density at radius 3 is 2.39 bits per heavy atom. The number of nitrogens with one attached hydrogen (secondary N) is 2. The molecular weight excluding hydrogens is 454 g/mol. The van der Waals surface area contributed by atoms with E-state index in [0.29, 0.717) is 16.0 Å². The van der Waals surface area contributed by atoms with Gasteiger partial charge in [-0.1, -0.05) is 71.9 Å². The van der Waals surface area contributed by atoms with Crippen LogP contribution in [0.5, 0.6) is 0 Å². The predicted molar refractivity (Wildman–Crippen MR) is 133 cm³/mol. The lowest BCUT2D eigenvalue weighted by atomic mass is 10.0. The summed E-state index contributed by atoms with van der Waals surface area (Å²) in [5, 5.41) is 12.7. The summed E-state index contributed by atoms with van der Waals surface area (Å²) < 4.78 is 1.86. The molecule has 2 unspecified atom stereocenters. The summed E-state index contributed by atoms with van der Waals surface area (Å²) in [6, 6.07) is 23.1. The number of fused-ring (bicyclic) bond motifs is 1. The molecule has 0 aliphatic carbocycles. The normalized spacial score (nSPS) is 17.2. The maximum Gasteiger partial charge on any atom is 0.240 e. The third-order valence-corrected chi connectivity index (χ3v) is 6.91. The van der Waals surface area contributed by atoms with Gasteiger partial charge in [-0.15, -0.1) is 10.2 Å². The molecule has 2 atom stereocenters. The third kappa shape index (κ3) is 4.47. The Labute approximate surface area is 201 Å². The third-order valence-electron chi connectivity index (χ3n) is 5.45. The molecule has 0 saturated carbocycles. The van der Waals surface area contributed by atoms with Crippen LogP contribution in [-0.2, 0) is 4.79 Å². The fraction of sp³-hybridized carbons (Fsp3) is 0.160. The highest BCUT2D eigenvalue weighted by Gasteiger charge is 2.38. The van der Waals surface area contributed by atoms with Crippen LogP contribution in [0.15, 0.2) is 78.0 Å². The molecule has 5 rings (SSSR count). The van der Waals surface area contributed by atoms with Crippen LogP contribution in [0, 0.1) is 13.8 Å². The Hall–Kier alpha value is -3.29. The molecule has 1 aliphatic rings. The van der Waals surface area contributed by atoms with Crippen LogP contribution in [0.25, 0.3) is 11.4 Å². The fourth-order valence-corrected chi connectivity index (χ4v) is 5.22. The smallest absolute Gasteiger partial charge is 0.240 e. The molecule has 0 radical (unpaired) electrons. The number of benzene rings is 3. The van der Waals surface area contributed by atoms with E-state index in [1.807, 2.05) is 85.3 Å². The Morgan fingerprint density at radius 2 is 1.70 bits per heavy atom. The molecule has 2 heterocycles. The van der Waals surface area contributed by atoms with Gasteiger partial charge in [-0.2, -0.15) is 0 Å². The van der Waals surface area contributed by atoms with Crippen molar-refractivity contribution in [2.24, 2.45) is 0 Å². The van der Waals surface area contributed by atoms with E-state index >= 15 is 0 Å². The number of aromatic nitrogens is 3. The number of anilines is 1. The number of halogens is 1. The Morgan fingerprint density at radius 1 is 1.00 bits per heavy atom. The van der Waals surface area contributed by atoms with Gasteiger partial charge in [0.1, 0.15) is 5.25 Å². The number of carbonyl (C=O) groups excluding carboxylic acids is 1. The van der Waals surface area contributed by atoms with Crippen LogP contribution in [0.4, 0.5) is 5.69 Å². The van der Waals surface area contributed by atoms with Crippen molar-refractivity contribution in [1.82, 2.24) is 14.9 Å². The Bertz CT molecular complexity index is 1290. The monoisotopic (exact) mass is 475 g/mol. The summed E-state index contributed by atoms with van der Waals surface area (Å²) >= 11 is 7.52. The average Bonchev–Trinajstić information content (AvgIpc) is 3.21. The number of nitrogens with zero attached hydrogens (tertiary/aromatic N) is 3. The van der Waals surface area contributed by atoms with Gasteiger partial charge in [-0.3, -0.25) is 4.79 Å². The van der Waals surface area contributed by atoms with Crippen LogP contribution < -0.4 is 10.7 Å². The van der Waals surface area contributed by atoms with Gasteiger partial charge in [-0.05, 0) is 54.8 Å². The van der Waals surface area contributed by atoms with Gasteiger partial charge >= 0.3 is 0 Å². The lowest BCUT2D eigenvalue weighted by Gasteiger charge is -2.33. The van der Waals surface area contributed by atoms with Gasteiger partial charge in [0.15, 0.2) is 5.82 Å². The van der Waals surface area contributed by atoms with Crippen molar-refractivity contribution in [2.45, 2.75) is 30.3 Å². The molecule has 0 saturated heterocycles. The molecule has 8 heteroatoms. The first kappa shape index (κ1) is 21.6. The molecule has 3 aromatic carbocycles. The number of hydrogen-bond donors (Lipinski definition) is 2. The van der Waals surface area contributed by atoms with Gasteiger partial charge in [0.2, 0.25) is 11.1 Å². The second kappa shape index (κ2) is 8.92. The molecule has 166 valence electrons. The Balaban J connectivity index is 1.51. The van der Waals surface area contributed by atoms with Gasteiger partial charge in [0, 0.05) is 16.3 Å². The topological polar surface area (TPSA) is 71.8 Å². The highest BCUT2D eigenvalue weighted by Crippen LogP contribution is 2.39. The zero-order chi connectivity index (χ0) is 22.9. The van der Waals surface area contributed by atoms with Gasteiger partial charge in [-0.25, -0.2) is 4.68 Å². The van der Waals surface area contributed by atoms with Crippen molar-refractivity contribution < 1.29 is 4.79 Å². The van der Waals surface area contributed by atoms with Crippen LogP contribution >= 0.6 is 23.4 Å². The molecule has 2 N–H and O–H groups in total. The molecule has 1 aliphatic heterocycles. The second-order valence-corrected chi connectivity index (χ2v) is 9.62. The zero-order valence-corrected chi connectivity index (χ0v) is 19.7. The summed E-state index contributed by atoms with van der Waals surface area (Å²) in [7, 11) is 0. The van der Waals surface area contributed by atoms with Crippen molar-refractivity contribution in [3.8, 4) is 11.4 Å². The van der Waals surface area contributed by atoms with Crippen molar-refractivity contribution in [3.63, 3.8) is 0 Å². The minimum Gasteiger partial charge on any atom is -0.325 e. The van der Waals surface area contributed by atoms with E-state index in [1.54, 1.807) is 0 Å². The number of thioether (sulfide) groups is 1.